The van der Waals surface area contributed by atoms with E-state index in [1.165, 1.54) is 22.6 Å². The van der Waals surface area contributed by atoms with Gasteiger partial charge in [-0.2, -0.15) is 4.31 Å². The van der Waals surface area contributed by atoms with Crippen molar-refractivity contribution in [1.29, 1.82) is 0 Å². The van der Waals surface area contributed by atoms with Crippen molar-refractivity contribution in [3.8, 4) is 11.1 Å². The van der Waals surface area contributed by atoms with E-state index in [0.29, 0.717) is 18.7 Å². The molecule has 1 fully saturated rings. The van der Waals surface area contributed by atoms with Crippen LogP contribution >= 0.6 is 0 Å². The Bertz CT molecular complexity index is 943. The maximum atomic E-state index is 12.6. The Morgan fingerprint density at radius 3 is 2.54 bits per heavy atom. The molecule has 0 unspecified atom stereocenters. The Labute approximate surface area is 138 Å². The van der Waals surface area contributed by atoms with Crippen molar-refractivity contribution in [2.24, 2.45) is 0 Å². The zero-order chi connectivity index (χ0) is 17.3. The van der Waals surface area contributed by atoms with Crippen LogP contribution in [0.2, 0.25) is 0 Å². The first kappa shape index (κ1) is 16.4. The number of hydrogen-bond acceptors (Lipinski definition) is 4. The fraction of sp³-hybridized carbons (Fsp3) is 0.250. The summed E-state index contributed by atoms with van der Waals surface area (Å²) in [6.45, 7) is 0.983. The lowest BCUT2D eigenvalue weighted by atomic mass is 10.0. The first-order valence-corrected chi connectivity index (χ1v) is 8.90. The Kier molecular flexibility index (Phi) is 4.25. The average molecular weight is 348 g/mol. The number of pyridine rings is 1. The molecule has 126 valence electrons. The molecule has 2 N–H and O–H groups in total. The lowest BCUT2D eigenvalue weighted by Gasteiger charge is -2.16. The number of carboxylic acids is 1. The van der Waals surface area contributed by atoms with E-state index in [0.717, 1.165) is 18.9 Å². The van der Waals surface area contributed by atoms with Gasteiger partial charge in [0.15, 0.2) is 0 Å². The number of sulfonamides is 1. The number of rotatable bonds is 4. The van der Waals surface area contributed by atoms with Gasteiger partial charge in [-0.15, -0.1) is 0 Å². The van der Waals surface area contributed by atoms with Crippen molar-refractivity contribution in [3.63, 3.8) is 0 Å². The third-order valence-electron chi connectivity index (χ3n) is 4.00. The van der Waals surface area contributed by atoms with Crippen molar-refractivity contribution in [3.05, 3.63) is 52.4 Å². The van der Waals surface area contributed by atoms with Gasteiger partial charge < -0.3 is 10.1 Å². The lowest BCUT2D eigenvalue weighted by molar-refractivity contribution is 0.0697. The molecule has 0 amide bonds. The number of carboxylic acid groups (broad SMARTS) is 1. The summed E-state index contributed by atoms with van der Waals surface area (Å²) in [5.41, 5.74) is -0.0176. The summed E-state index contributed by atoms with van der Waals surface area (Å²) in [5, 5.41) is 9.27. The topological polar surface area (TPSA) is 108 Å². The van der Waals surface area contributed by atoms with E-state index in [9.17, 15) is 23.1 Å². The molecule has 24 heavy (non-hydrogen) atoms. The Balaban J connectivity index is 2.09. The van der Waals surface area contributed by atoms with Gasteiger partial charge in [0.2, 0.25) is 15.6 Å². The predicted molar refractivity (Wildman–Crippen MR) is 87.5 cm³/mol. The van der Waals surface area contributed by atoms with E-state index in [2.05, 4.69) is 4.98 Å². The predicted octanol–water partition coefficient (Wildman–Crippen LogP) is 1.52. The highest BCUT2D eigenvalue weighted by Crippen LogP contribution is 2.27. The van der Waals surface area contributed by atoms with Crippen LogP contribution in [0.3, 0.4) is 0 Å². The Morgan fingerprint density at radius 2 is 1.88 bits per heavy atom. The second-order valence-electron chi connectivity index (χ2n) is 5.57. The van der Waals surface area contributed by atoms with Gasteiger partial charge in [0.05, 0.1) is 10.5 Å². The molecule has 1 saturated heterocycles. The summed E-state index contributed by atoms with van der Waals surface area (Å²) < 4.78 is 26.7. The van der Waals surface area contributed by atoms with Crippen molar-refractivity contribution >= 4 is 16.0 Å². The molecule has 0 radical (unpaired) electrons. The van der Waals surface area contributed by atoms with E-state index < -0.39 is 21.6 Å². The number of nitrogens with zero attached hydrogens (tertiary/aromatic N) is 1. The fourth-order valence-electron chi connectivity index (χ4n) is 2.79. The molecule has 7 nitrogen and oxygen atoms in total. The molecule has 0 atom stereocenters. The number of aromatic nitrogens is 1. The molecule has 2 heterocycles. The molecule has 8 heteroatoms. The van der Waals surface area contributed by atoms with E-state index in [1.807, 2.05) is 0 Å². The largest absolute Gasteiger partial charge is 0.478 e. The summed E-state index contributed by atoms with van der Waals surface area (Å²) in [6, 6.07) is 7.09. The summed E-state index contributed by atoms with van der Waals surface area (Å²) in [4.78, 5) is 25.3. The van der Waals surface area contributed by atoms with E-state index in [1.54, 1.807) is 12.1 Å². The lowest BCUT2D eigenvalue weighted by Crippen LogP contribution is -2.27. The number of H-pyrrole nitrogens is 1. The molecule has 0 spiro atoms. The fourth-order valence-corrected chi connectivity index (χ4v) is 4.35. The highest BCUT2D eigenvalue weighted by molar-refractivity contribution is 7.89. The number of aromatic carboxylic acids is 1. The highest BCUT2D eigenvalue weighted by Gasteiger charge is 2.27. The molecule has 2 aromatic rings. The average Bonchev–Trinajstić information content (AvgIpc) is 3.10. The van der Waals surface area contributed by atoms with Gasteiger partial charge in [0.25, 0.3) is 0 Å². The van der Waals surface area contributed by atoms with Crippen LogP contribution in [-0.4, -0.2) is 41.9 Å². The summed E-state index contributed by atoms with van der Waals surface area (Å²) >= 11 is 0. The number of aromatic amines is 1. The Morgan fingerprint density at radius 1 is 1.17 bits per heavy atom. The van der Waals surface area contributed by atoms with E-state index in [4.69, 9.17) is 0 Å². The van der Waals surface area contributed by atoms with Gasteiger partial charge in [-0.3, -0.25) is 4.79 Å². The van der Waals surface area contributed by atoms with Gasteiger partial charge >= 0.3 is 5.97 Å². The minimum absolute atomic E-state index is 0.115. The summed E-state index contributed by atoms with van der Waals surface area (Å²) in [6.07, 6.45) is 2.96. The number of benzene rings is 1. The molecule has 0 aliphatic carbocycles. The van der Waals surface area contributed by atoms with Crippen molar-refractivity contribution in [2.75, 3.05) is 13.1 Å². The normalized spacial score (nSPS) is 15.5. The third-order valence-corrected chi connectivity index (χ3v) is 5.90. The van der Waals surface area contributed by atoms with Crippen LogP contribution in [0.4, 0.5) is 0 Å². The van der Waals surface area contributed by atoms with Crippen LogP contribution in [-0.2, 0) is 10.0 Å². The zero-order valence-electron chi connectivity index (χ0n) is 12.7. The first-order valence-electron chi connectivity index (χ1n) is 7.46. The molecular weight excluding hydrogens is 332 g/mol. The van der Waals surface area contributed by atoms with Crippen LogP contribution in [0.5, 0.6) is 0 Å². The maximum absolute atomic E-state index is 12.6. The second kappa shape index (κ2) is 6.21. The third kappa shape index (κ3) is 2.98. The molecular formula is C16H16N2O5S. The summed E-state index contributed by atoms with van der Waals surface area (Å²) in [7, 11) is -3.60. The van der Waals surface area contributed by atoms with Gasteiger partial charge in [0, 0.05) is 30.9 Å². The summed E-state index contributed by atoms with van der Waals surface area (Å²) in [5.74, 6) is -1.25. The van der Waals surface area contributed by atoms with Gasteiger partial charge in [-0.25, -0.2) is 13.2 Å². The number of hydrogen-bond donors (Lipinski definition) is 2. The second-order valence-corrected chi connectivity index (χ2v) is 7.51. The Hall–Kier alpha value is -2.45. The minimum atomic E-state index is -3.60. The molecule has 1 aliphatic rings. The standard InChI is InChI=1S/C16H16N2O5S/c19-15-9-13(16(20)21)14(10-17-15)11-4-3-5-12(8-11)24(22,23)18-6-1-2-7-18/h3-5,8-10H,1-2,6-7H2,(H,17,19)(H,20,21). The van der Waals surface area contributed by atoms with Crippen LogP contribution in [0.15, 0.2) is 46.2 Å². The van der Waals surface area contributed by atoms with Crippen LogP contribution in [0.1, 0.15) is 23.2 Å². The number of nitrogens with one attached hydrogen (secondary N) is 1. The zero-order valence-corrected chi connectivity index (χ0v) is 13.5. The molecule has 1 aromatic heterocycles. The smallest absolute Gasteiger partial charge is 0.336 e. The van der Waals surface area contributed by atoms with Crippen LogP contribution in [0, 0.1) is 0 Å². The van der Waals surface area contributed by atoms with Crippen LogP contribution in [0.25, 0.3) is 11.1 Å². The SMILES string of the molecule is O=C(O)c1cc(=O)[nH]cc1-c1cccc(S(=O)(=O)N2CCCC2)c1. The van der Waals surface area contributed by atoms with E-state index in [-0.39, 0.29) is 16.0 Å². The van der Waals surface area contributed by atoms with Crippen molar-refractivity contribution < 1.29 is 18.3 Å². The van der Waals surface area contributed by atoms with Crippen LogP contribution < -0.4 is 5.56 Å². The monoisotopic (exact) mass is 348 g/mol. The quantitative estimate of drug-likeness (QED) is 0.871. The number of carbonyl (C=O) groups is 1. The van der Waals surface area contributed by atoms with Crippen molar-refractivity contribution in [2.45, 2.75) is 17.7 Å². The molecule has 1 aromatic carbocycles. The molecule has 1 aliphatic heterocycles. The molecule has 0 bridgehead atoms. The van der Waals surface area contributed by atoms with Gasteiger partial charge in [-0.1, -0.05) is 12.1 Å². The molecule has 0 saturated carbocycles. The van der Waals surface area contributed by atoms with Crippen molar-refractivity contribution in [1.82, 2.24) is 9.29 Å². The minimum Gasteiger partial charge on any atom is -0.478 e. The van der Waals surface area contributed by atoms with E-state index >= 15 is 0 Å². The van der Waals surface area contributed by atoms with Gasteiger partial charge in [0.1, 0.15) is 0 Å². The highest BCUT2D eigenvalue weighted by atomic mass is 32.2. The maximum Gasteiger partial charge on any atom is 0.336 e. The first-order chi connectivity index (χ1) is 11.4. The van der Waals surface area contributed by atoms with Gasteiger partial charge in [-0.05, 0) is 30.5 Å². The molecule has 3 rings (SSSR count).